The van der Waals surface area contributed by atoms with Crippen LogP contribution in [0.5, 0.6) is 0 Å². The van der Waals surface area contributed by atoms with Crippen molar-refractivity contribution in [2.24, 2.45) is 5.73 Å². The van der Waals surface area contributed by atoms with Gasteiger partial charge in [-0.1, -0.05) is 23.8 Å². The molecule has 0 saturated heterocycles. The Hall–Kier alpha value is -1.20. The van der Waals surface area contributed by atoms with Crippen molar-refractivity contribution in [2.75, 3.05) is 0 Å². The van der Waals surface area contributed by atoms with E-state index in [1.165, 1.54) is 0 Å². The van der Waals surface area contributed by atoms with E-state index in [1.54, 1.807) is 0 Å². The zero-order valence-corrected chi connectivity index (χ0v) is 12.9. The normalized spacial score (nSPS) is 10.7. The van der Waals surface area contributed by atoms with Gasteiger partial charge in [-0.05, 0) is 48.8 Å². The summed E-state index contributed by atoms with van der Waals surface area (Å²) in [6.07, 6.45) is 0. The lowest BCUT2D eigenvalue weighted by atomic mass is 10.1. The average molecular weight is 324 g/mol. The predicted molar refractivity (Wildman–Crippen MR) is 81.4 cm³/mol. The van der Waals surface area contributed by atoms with E-state index in [4.69, 9.17) is 18.0 Å². The van der Waals surface area contributed by atoms with Crippen LogP contribution in [0.1, 0.15) is 22.5 Å². The lowest BCUT2D eigenvalue weighted by molar-refractivity contribution is 0.831. The summed E-state index contributed by atoms with van der Waals surface area (Å²) in [5.74, 6) is 0. The van der Waals surface area contributed by atoms with Crippen molar-refractivity contribution in [1.82, 2.24) is 9.78 Å². The number of nitrogens with two attached hydrogens (primary N) is 1. The third-order valence-corrected chi connectivity index (χ3v) is 4.22. The predicted octanol–water partition coefficient (Wildman–Crippen LogP) is 3.19. The van der Waals surface area contributed by atoms with Crippen molar-refractivity contribution < 1.29 is 0 Å². The Morgan fingerprint density at radius 3 is 2.50 bits per heavy atom. The Morgan fingerprint density at radius 1 is 1.33 bits per heavy atom. The number of hydrogen-bond acceptors (Lipinski definition) is 2. The third-order valence-electron chi connectivity index (χ3n) is 2.85. The quantitative estimate of drug-likeness (QED) is 0.863. The third kappa shape index (κ3) is 2.20. The van der Waals surface area contributed by atoms with Crippen LogP contribution in [-0.4, -0.2) is 14.8 Å². The molecule has 1 aromatic heterocycles. The maximum Gasteiger partial charge on any atom is 0.106 e. The second-order valence-electron chi connectivity index (χ2n) is 4.28. The first kappa shape index (κ1) is 13.2. The van der Waals surface area contributed by atoms with Crippen molar-refractivity contribution >= 4 is 33.1 Å². The fraction of sp³-hybridized carbons (Fsp3) is 0.231. The van der Waals surface area contributed by atoms with Gasteiger partial charge in [-0.2, -0.15) is 5.10 Å². The smallest absolute Gasteiger partial charge is 0.106 e. The average Bonchev–Trinajstić information content (AvgIpc) is 2.57. The van der Waals surface area contributed by atoms with Gasteiger partial charge < -0.3 is 5.73 Å². The fourth-order valence-electron chi connectivity index (χ4n) is 1.89. The molecule has 0 radical (unpaired) electrons. The molecule has 0 aliphatic carbocycles. The summed E-state index contributed by atoms with van der Waals surface area (Å²) < 4.78 is 2.88. The molecule has 2 aromatic rings. The van der Waals surface area contributed by atoms with Crippen molar-refractivity contribution in [1.29, 1.82) is 0 Å². The molecule has 1 heterocycles. The van der Waals surface area contributed by atoms with Gasteiger partial charge in [-0.25, -0.2) is 4.68 Å². The standard InChI is InChI=1S/C13H14BrN3S/c1-7-4-5-11(10(6-7)13(15)18)17-9(3)12(14)8(2)16-17/h4-6H,1-3H3,(H2,15,18). The van der Waals surface area contributed by atoms with Crippen LogP contribution in [-0.2, 0) is 0 Å². The second-order valence-corrected chi connectivity index (χ2v) is 5.51. The van der Waals surface area contributed by atoms with Gasteiger partial charge >= 0.3 is 0 Å². The van der Waals surface area contributed by atoms with E-state index in [0.29, 0.717) is 4.99 Å². The number of nitrogens with zero attached hydrogens (tertiary/aromatic N) is 2. The van der Waals surface area contributed by atoms with E-state index in [2.05, 4.69) is 21.0 Å². The lowest BCUT2D eigenvalue weighted by Gasteiger charge is -2.11. The molecular weight excluding hydrogens is 310 g/mol. The molecule has 94 valence electrons. The minimum absolute atomic E-state index is 0.386. The summed E-state index contributed by atoms with van der Waals surface area (Å²) in [4.78, 5) is 0.386. The van der Waals surface area contributed by atoms with Crippen LogP contribution >= 0.6 is 28.1 Å². The minimum atomic E-state index is 0.386. The molecule has 0 aliphatic rings. The van der Waals surface area contributed by atoms with Crippen molar-refractivity contribution in [2.45, 2.75) is 20.8 Å². The largest absolute Gasteiger partial charge is 0.389 e. The summed E-state index contributed by atoms with van der Waals surface area (Å²) in [7, 11) is 0. The summed E-state index contributed by atoms with van der Waals surface area (Å²) >= 11 is 8.64. The molecule has 0 unspecified atom stereocenters. The van der Waals surface area contributed by atoms with Crippen LogP contribution in [0.2, 0.25) is 0 Å². The van der Waals surface area contributed by atoms with E-state index in [-0.39, 0.29) is 0 Å². The van der Waals surface area contributed by atoms with E-state index in [1.807, 2.05) is 43.7 Å². The lowest BCUT2D eigenvalue weighted by Crippen LogP contribution is -2.14. The first-order valence-electron chi connectivity index (χ1n) is 5.54. The molecule has 0 atom stereocenters. The maximum atomic E-state index is 5.79. The molecule has 0 amide bonds. The number of benzene rings is 1. The van der Waals surface area contributed by atoms with Gasteiger partial charge in [0.25, 0.3) is 0 Å². The van der Waals surface area contributed by atoms with Gasteiger partial charge in [0.15, 0.2) is 0 Å². The molecule has 0 saturated carbocycles. The summed E-state index contributed by atoms with van der Waals surface area (Å²) in [6.45, 7) is 5.98. The Morgan fingerprint density at radius 2 is 2.00 bits per heavy atom. The molecule has 2 N–H and O–H groups in total. The van der Waals surface area contributed by atoms with Crippen LogP contribution in [0.25, 0.3) is 5.69 Å². The van der Waals surface area contributed by atoms with Crippen LogP contribution in [0, 0.1) is 20.8 Å². The molecule has 18 heavy (non-hydrogen) atoms. The second kappa shape index (κ2) is 4.82. The molecule has 0 aliphatic heterocycles. The van der Waals surface area contributed by atoms with Gasteiger partial charge in [0, 0.05) is 5.56 Å². The summed E-state index contributed by atoms with van der Waals surface area (Å²) in [5, 5.41) is 4.51. The number of aryl methyl sites for hydroxylation is 2. The fourth-order valence-corrected chi connectivity index (χ4v) is 2.30. The minimum Gasteiger partial charge on any atom is -0.389 e. The first-order chi connectivity index (χ1) is 8.41. The van der Waals surface area contributed by atoms with Crippen molar-refractivity contribution in [3.8, 4) is 5.69 Å². The molecule has 2 rings (SSSR count). The Labute approximate surface area is 120 Å². The van der Waals surface area contributed by atoms with Gasteiger partial charge in [0.05, 0.1) is 21.5 Å². The summed E-state index contributed by atoms with van der Waals surface area (Å²) in [6, 6.07) is 6.01. The van der Waals surface area contributed by atoms with E-state index in [0.717, 1.165) is 32.7 Å². The van der Waals surface area contributed by atoms with Crippen molar-refractivity contribution in [3.05, 3.63) is 45.2 Å². The first-order valence-corrected chi connectivity index (χ1v) is 6.74. The highest BCUT2D eigenvalue weighted by molar-refractivity contribution is 9.10. The van der Waals surface area contributed by atoms with Crippen molar-refractivity contribution in [3.63, 3.8) is 0 Å². The van der Waals surface area contributed by atoms with E-state index in [9.17, 15) is 0 Å². The highest BCUT2D eigenvalue weighted by Crippen LogP contribution is 2.25. The van der Waals surface area contributed by atoms with E-state index < -0.39 is 0 Å². The molecule has 0 spiro atoms. The van der Waals surface area contributed by atoms with E-state index >= 15 is 0 Å². The van der Waals surface area contributed by atoms with Crippen LogP contribution in [0.15, 0.2) is 22.7 Å². The number of thiocarbonyl (C=S) groups is 1. The van der Waals surface area contributed by atoms with Gasteiger partial charge in [-0.3, -0.25) is 0 Å². The number of hydrogen-bond donors (Lipinski definition) is 1. The Kier molecular flexibility index (Phi) is 3.54. The summed E-state index contributed by atoms with van der Waals surface area (Å²) in [5.41, 5.74) is 10.7. The highest BCUT2D eigenvalue weighted by Gasteiger charge is 2.14. The molecule has 3 nitrogen and oxygen atoms in total. The van der Waals surface area contributed by atoms with Crippen LogP contribution in [0.3, 0.4) is 0 Å². The number of rotatable bonds is 2. The topological polar surface area (TPSA) is 43.8 Å². The SMILES string of the molecule is Cc1ccc(-n2nc(C)c(Br)c2C)c(C(N)=S)c1. The van der Waals surface area contributed by atoms with Gasteiger partial charge in [0.2, 0.25) is 0 Å². The van der Waals surface area contributed by atoms with Crippen LogP contribution in [0.4, 0.5) is 0 Å². The van der Waals surface area contributed by atoms with Gasteiger partial charge in [0.1, 0.15) is 4.99 Å². The monoisotopic (exact) mass is 323 g/mol. The molecule has 1 aromatic carbocycles. The Balaban J connectivity index is 2.71. The number of aromatic nitrogens is 2. The van der Waals surface area contributed by atoms with Crippen LogP contribution < -0.4 is 5.73 Å². The van der Waals surface area contributed by atoms with Gasteiger partial charge in [-0.15, -0.1) is 0 Å². The zero-order valence-electron chi connectivity index (χ0n) is 10.5. The molecule has 5 heteroatoms. The zero-order chi connectivity index (χ0) is 13.4. The maximum absolute atomic E-state index is 5.79. The molecule has 0 fully saturated rings. The highest BCUT2D eigenvalue weighted by atomic mass is 79.9. The molecular formula is C13H14BrN3S. The Bertz CT molecular complexity index is 631. The molecule has 0 bridgehead atoms. The number of halogens is 1.